The first-order chi connectivity index (χ1) is 8.85. The molecule has 0 saturated heterocycles. The Bertz CT molecular complexity index is 626. The number of carbonyl (C=O) groups is 1. The number of nitrogens with zero attached hydrogens (tertiary/aromatic N) is 1. The lowest BCUT2D eigenvalue weighted by molar-refractivity contribution is 0.0541. The molecule has 0 fully saturated rings. The van der Waals surface area contributed by atoms with Gasteiger partial charge in [0.15, 0.2) is 0 Å². The van der Waals surface area contributed by atoms with Crippen LogP contribution < -0.4 is 0 Å². The van der Waals surface area contributed by atoms with Crippen molar-refractivity contribution in [2.45, 2.75) is 31.7 Å². The predicted molar refractivity (Wildman–Crippen MR) is 83.9 cm³/mol. The number of alkyl halides is 1. The first-order valence-corrected chi connectivity index (χ1v) is 7.83. The monoisotopic (exact) mass is 387 g/mol. The zero-order chi connectivity index (χ0) is 14.2. The Morgan fingerprint density at radius 2 is 1.95 bits per heavy atom. The number of hydrogen-bond acceptors (Lipinski definition) is 2. The van der Waals surface area contributed by atoms with E-state index in [9.17, 15) is 4.79 Å². The van der Waals surface area contributed by atoms with Crippen LogP contribution in [0, 0.1) is 0 Å². The van der Waals surface area contributed by atoms with Crippen molar-refractivity contribution in [3.05, 3.63) is 34.4 Å². The van der Waals surface area contributed by atoms with Crippen LogP contribution in [-0.4, -0.2) is 16.3 Å². The summed E-state index contributed by atoms with van der Waals surface area (Å²) in [6, 6.07) is 7.75. The first kappa shape index (κ1) is 14.6. The zero-order valence-electron chi connectivity index (χ0n) is 11.0. The molecule has 5 heteroatoms. The molecule has 1 aromatic heterocycles. The van der Waals surface area contributed by atoms with Crippen molar-refractivity contribution < 1.29 is 9.53 Å². The number of aromatic nitrogens is 1. The smallest absolute Gasteiger partial charge is 0.419 e. The van der Waals surface area contributed by atoms with E-state index < -0.39 is 5.60 Å². The van der Waals surface area contributed by atoms with Gasteiger partial charge >= 0.3 is 6.09 Å². The summed E-state index contributed by atoms with van der Waals surface area (Å²) in [5, 5.41) is 1.57. The number of hydrogen-bond donors (Lipinski definition) is 0. The van der Waals surface area contributed by atoms with E-state index >= 15 is 0 Å². The Hall–Kier alpha value is -0.810. The molecule has 19 heavy (non-hydrogen) atoms. The lowest BCUT2D eigenvalue weighted by Crippen LogP contribution is -2.27. The molecule has 0 aliphatic rings. The van der Waals surface area contributed by atoms with Gasteiger partial charge in [0.2, 0.25) is 0 Å². The molecule has 0 aliphatic carbocycles. The van der Waals surface area contributed by atoms with Crippen molar-refractivity contribution in [2.75, 3.05) is 0 Å². The van der Waals surface area contributed by atoms with E-state index in [4.69, 9.17) is 4.74 Å². The van der Waals surface area contributed by atoms with Crippen molar-refractivity contribution in [2.24, 2.45) is 0 Å². The van der Waals surface area contributed by atoms with E-state index in [2.05, 4.69) is 31.9 Å². The molecule has 2 aromatic rings. The van der Waals surface area contributed by atoms with Crippen molar-refractivity contribution in [3.8, 4) is 0 Å². The highest BCUT2D eigenvalue weighted by atomic mass is 79.9. The lowest BCUT2D eigenvalue weighted by Gasteiger charge is -2.20. The van der Waals surface area contributed by atoms with Gasteiger partial charge in [-0.05, 0) is 42.8 Å². The fraction of sp³-hybridized carbons (Fsp3) is 0.357. The lowest BCUT2D eigenvalue weighted by atomic mass is 10.2. The van der Waals surface area contributed by atoms with Gasteiger partial charge in [0, 0.05) is 15.2 Å². The van der Waals surface area contributed by atoms with Gasteiger partial charge in [-0.3, -0.25) is 0 Å². The number of ether oxygens (including phenoxy) is 1. The summed E-state index contributed by atoms with van der Waals surface area (Å²) in [5.74, 6) is 0. The normalized spacial score (nSPS) is 11.8. The third kappa shape index (κ3) is 2.87. The fourth-order valence-corrected chi connectivity index (χ4v) is 3.45. The molecule has 0 amide bonds. The van der Waals surface area contributed by atoms with Gasteiger partial charge in [0.05, 0.1) is 11.2 Å². The molecule has 0 unspecified atom stereocenters. The quantitative estimate of drug-likeness (QED) is 0.637. The molecule has 0 saturated carbocycles. The highest BCUT2D eigenvalue weighted by molar-refractivity contribution is 9.11. The molecular weight excluding hydrogens is 374 g/mol. The van der Waals surface area contributed by atoms with Crippen LogP contribution in [0.5, 0.6) is 0 Å². The molecule has 1 aromatic carbocycles. The molecule has 2 rings (SSSR count). The van der Waals surface area contributed by atoms with Crippen LogP contribution in [0.4, 0.5) is 4.79 Å². The van der Waals surface area contributed by atoms with Crippen molar-refractivity contribution >= 4 is 48.9 Å². The standard InChI is InChI=1S/C14H15Br2NO2/c1-14(2,3)19-13(18)17-10-7-5-4-6-9(10)12(16)11(17)8-15/h4-7H,8H2,1-3H3. The van der Waals surface area contributed by atoms with E-state index in [1.54, 1.807) is 4.57 Å². The van der Waals surface area contributed by atoms with Gasteiger partial charge in [-0.25, -0.2) is 9.36 Å². The molecule has 3 nitrogen and oxygen atoms in total. The van der Waals surface area contributed by atoms with E-state index in [0.29, 0.717) is 5.33 Å². The molecule has 0 spiro atoms. The summed E-state index contributed by atoms with van der Waals surface area (Å²) in [6.45, 7) is 5.58. The van der Waals surface area contributed by atoms with Gasteiger partial charge in [-0.15, -0.1) is 0 Å². The molecule has 0 N–H and O–H groups in total. The summed E-state index contributed by atoms with van der Waals surface area (Å²) in [7, 11) is 0. The summed E-state index contributed by atoms with van der Waals surface area (Å²) < 4.78 is 8.00. The van der Waals surface area contributed by atoms with Crippen LogP contribution in [-0.2, 0) is 10.1 Å². The molecular formula is C14H15Br2NO2. The number of fused-ring (bicyclic) bond motifs is 1. The van der Waals surface area contributed by atoms with Crippen LogP contribution in [0.3, 0.4) is 0 Å². The first-order valence-electron chi connectivity index (χ1n) is 5.92. The van der Waals surface area contributed by atoms with Crippen LogP contribution in [0.1, 0.15) is 26.5 Å². The number of carbonyl (C=O) groups excluding carboxylic acids is 1. The van der Waals surface area contributed by atoms with Crippen molar-refractivity contribution in [1.82, 2.24) is 4.57 Å². The maximum absolute atomic E-state index is 12.4. The fourth-order valence-electron chi connectivity index (χ4n) is 1.89. The predicted octanol–water partition coefficient (Wildman–Crippen LogP) is 5.08. The van der Waals surface area contributed by atoms with Gasteiger partial charge in [0.1, 0.15) is 5.60 Å². The van der Waals surface area contributed by atoms with Crippen LogP contribution in [0.15, 0.2) is 28.7 Å². The average Bonchev–Trinajstić information content (AvgIpc) is 2.60. The second kappa shape index (κ2) is 5.29. The summed E-state index contributed by atoms with van der Waals surface area (Å²) in [4.78, 5) is 12.4. The van der Waals surface area contributed by atoms with Gasteiger partial charge in [-0.2, -0.15) is 0 Å². The second-order valence-corrected chi connectivity index (χ2v) is 6.58. The number of para-hydroxylation sites is 1. The highest BCUT2D eigenvalue weighted by Crippen LogP contribution is 2.32. The van der Waals surface area contributed by atoms with Gasteiger partial charge < -0.3 is 4.74 Å². The van der Waals surface area contributed by atoms with Crippen molar-refractivity contribution in [1.29, 1.82) is 0 Å². The highest BCUT2D eigenvalue weighted by Gasteiger charge is 2.23. The number of halogens is 2. The van der Waals surface area contributed by atoms with E-state index in [1.165, 1.54) is 0 Å². The summed E-state index contributed by atoms with van der Waals surface area (Å²) in [5.41, 5.74) is 1.19. The van der Waals surface area contributed by atoms with Gasteiger partial charge in [-0.1, -0.05) is 34.1 Å². The minimum Gasteiger partial charge on any atom is -0.443 e. The SMILES string of the molecule is CC(C)(C)OC(=O)n1c(CBr)c(Br)c2ccccc21. The Morgan fingerprint density at radius 1 is 1.32 bits per heavy atom. The maximum Gasteiger partial charge on any atom is 0.419 e. The van der Waals surface area contributed by atoms with E-state index in [1.807, 2.05) is 45.0 Å². The molecule has 0 aliphatic heterocycles. The summed E-state index contributed by atoms with van der Waals surface area (Å²) >= 11 is 6.98. The Kier molecular flexibility index (Phi) is 4.06. The second-order valence-electron chi connectivity index (χ2n) is 5.23. The van der Waals surface area contributed by atoms with E-state index in [-0.39, 0.29) is 6.09 Å². The minimum atomic E-state index is -0.515. The van der Waals surface area contributed by atoms with Crippen molar-refractivity contribution in [3.63, 3.8) is 0 Å². The summed E-state index contributed by atoms with van der Waals surface area (Å²) in [6.07, 6.45) is -0.358. The molecule has 0 radical (unpaired) electrons. The molecule has 1 heterocycles. The zero-order valence-corrected chi connectivity index (χ0v) is 14.2. The molecule has 0 bridgehead atoms. The topological polar surface area (TPSA) is 31.2 Å². The third-order valence-electron chi connectivity index (χ3n) is 2.61. The Balaban J connectivity index is 2.62. The van der Waals surface area contributed by atoms with Crippen LogP contribution >= 0.6 is 31.9 Å². The maximum atomic E-state index is 12.4. The Labute approximate surface area is 129 Å². The van der Waals surface area contributed by atoms with Gasteiger partial charge in [0.25, 0.3) is 0 Å². The van der Waals surface area contributed by atoms with E-state index in [0.717, 1.165) is 21.1 Å². The largest absolute Gasteiger partial charge is 0.443 e. The van der Waals surface area contributed by atoms with Crippen LogP contribution in [0.25, 0.3) is 10.9 Å². The average molecular weight is 389 g/mol. The number of rotatable bonds is 1. The minimum absolute atomic E-state index is 0.358. The Morgan fingerprint density at radius 3 is 2.53 bits per heavy atom. The van der Waals surface area contributed by atoms with Crippen LogP contribution in [0.2, 0.25) is 0 Å². The number of benzene rings is 1. The molecule has 102 valence electrons. The molecule has 0 atom stereocenters. The third-order valence-corrected chi connectivity index (χ3v) is 4.02.